The summed E-state index contributed by atoms with van der Waals surface area (Å²) in [4.78, 5) is 3.55. The van der Waals surface area contributed by atoms with Crippen molar-refractivity contribution < 1.29 is 4.90 Å². The van der Waals surface area contributed by atoms with Crippen molar-refractivity contribution in [2.75, 3.05) is 4.90 Å². The minimum absolute atomic E-state index is 1.14. The van der Waals surface area contributed by atoms with Gasteiger partial charge in [0.1, 0.15) is 17.1 Å². The van der Waals surface area contributed by atoms with Crippen molar-refractivity contribution in [3.63, 3.8) is 0 Å². The lowest BCUT2D eigenvalue weighted by Crippen LogP contribution is -2.96. The topological polar surface area (TPSA) is 7.68 Å². The molecular weight excluding hydrogens is 436 g/mol. The van der Waals surface area contributed by atoms with Gasteiger partial charge >= 0.3 is 0 Å². The highest BCUT2D eigenvalue weighted by atomic mass is 15.1. The van der Waals surface area contributed by atoms with Crippen LogP contribution in [0.3, 0.4) is 0 Å². The van der Waals surface area contributed by atoms with Crippen molar-refractivity contribution in [1.29, 1.82) is 0 Å². The van der Waals surface area contributed by atoms with Gasteiger partial charge in [0.15, 0.2) is 0 Å². The van der Waals surface area contributed by atoms with Crippen LogP contribution in [0.2, 0.25) is 0 Å². The maximum atomic E-state index is 2.31. The molecule has 0 saturated carbocycles. The van der Waals surface area contributed by atoms with E-state index in [-0.39, 0.29) is 0 Å². The second-order valence-corrected chi connectivity index (χ2v) is 8.86. The SMILES string of the molecule is c1ccc(N(c2ccccc2)c2ccc3cc([NH+](c4ccccc4)c4ccccc4)ccc3c2)cc1. The molecular formula is C34H27N2+. The molecule has 0 aliphatic rings. The molecule has 1 N–H and O–H groups in total. The van der Waals surface area contributed by atoms with Crippen LogP contribution < -0.4 is 9.80 Å². The molecule has 0 bridgehead atoms. The molecule has 0 aromatic heterocycles. The van der Waals surface area contributed by atoms with Crippen LogP contribution in [0, 0.1) is 0 Å². The Labute approximate surface area is 212 Å². The number of para-hydroxylation sites is 4. The second kappa shape index (κ2) is 9.91. The molecule has 0 fully saturated rings. The Morgan fingerprint density at radius 3 is 1.31 bits per heavy atom. The Hall–Kier alpha value is -4.66. The maximum absolute atomic E-state index is 2.31. The maximum Gasteiger partial charge on any atom is 0.141 e. The number of nitrogens with one attached hydrogen (secondary N) is 1. The van der Waals surface area contributed by atoms with Gasteiger partial charge < -0.3 is 4.90 Å². The third-order valence-electron chi connectivity index (χ3n) is 6.52. The molecule has 0 amide bonds. The van der Waals surface area contributed by atoms with E-state index >= 15 is 0 Å². The van der Waals surface area contributed by atoms with Crippen molar-refractivity contribution >= 4 is 44.9 Å². The average Bonchev–Trinajstić information content (AvgIpc) is 2.96. The van der Waals surface area contributed by atoms with Crippen LogP contribution in [0.5, 0.6) is 0 Å². The summed E-state index contributed by atoms with van der Waals surface area (Å²) in [6.45, 7) is 0. The molecule has 172 valence electrons. The van der Waals surface area contributed by atoms with Gasteiger partial charge in [0.25, 0.3) is 0 Å². The Balaban J connectivity index is 1.44. The second-order valence-electron chi connectivity index (χ2n) is 8.86. The van der Waals surface area contributed by atoms with Gasteiger partial charge in [-0.1, -0.05) is 78.9 Å². The van der Waals surface area contributed by atoms with Crippen LogP contribution in [0.25, 0.3) is 10.8 Å². The number of anilines is 3. The van der Waals surface area contributed by atoms with E-state index in [4.69, 9.17) is 0 Å². The largest absolute Gasteiger partial charge is 0.310 e. The summed E-state index contributed by atoms with van der Waals surface area (Å²) >= 11 is 0. The van der Waals surface area contributed by atoms with Gasteiger partial charge in [-0.05, 0) is 77.5 Å². The lowest BCUT2D eigenvalue weighted by molar-refractivity contribution is -0.681. The van der Waals surface area contributed by atoms with Crippen molar-refractivity contribution in [1.82, 2.24) is 0 Å². The average molecular weight is 464 g/mol. The highest BCUT2D eigenvalue weighted by molar-refractivity contribution is 5.90. The quantitative estimate of drug-likeness (QED) is 0.260. The summed E-state index contributed by atoms with van der Waals surface area (Å²) in [5.74, 6) is 0. The summed E-state index contributed by atoms with van der Waals surface area (Å²) in [5, 5.41) is 2.44. The summed E-state index contributed by atoms with van der Waals surface area (Å²) in [5.41, 5.74) is 7.09. The minimum Gasteiger partial charge on any atom is -0.310 e. The zero-order chi connectivity index (χ0) is 24.2. The fourth-order valence-electron chi connectivity index (χ4n) is 4.84. The van der Waals surface area contributed by atoms with Crippen LogP contribution in [0.4, 0.5) is 34.1 Å². The highest BCUT2D eigenvalue weighted by Gasteiger charge is 2.19. The Kier molecular flexibility index (Phi) is 6.01. The first-order chi connectivity index (χ1) is 17.9. The molecule has 6 aromatic rings. The van der Waals surface area contributed by atoms with Crippen LogP contribution in [0.1, 0.15) is 0 Å². The zero-order valence-electron chi connectivity index (χ0n) is 20.0. The normalized spacial score (nSPS) is 11.0. The minimum atomic E-state index is 1.14. The molecule has 6 rings (SSSR count). The first kappa shape index (κ1) is 21.8. The van der Waals surface area contributed by atoms with Crippen LogP contribution in [-0.2, 0) is 0 Å². The summed E-state index contributed by atoms with van der Waals surface area (Å²) < 4.78 is 0. The number of hydrogen-bond acceptors (Lipinski definition) is 1. The molecule has 0 heterocycles. The van der Waals surface area contributed by atoms with E-state index in [0.29, 0.717) is 0 Å². The summed E-state index contributed by atoms with van der Waals surface area (Å²) in [7, 11) is 0. The lowest BCUT2D eigenvalue weighted by atomic mass is 10.1. The Bertz CT molecular complexity index is 1360. The molecule has 0 atom stereocenters. The first-order valence-corrected chi connectivity index (χ1v) is 12.3. The molecule has 0 saturated heterocycles. The summed E-state index contributed by atoms with van der Waals surface area (Å²) in [6.07, 6.45) is 0. The molecule has 6 aromatic carbocycles. The van der Waals surface area contributed by atoms with Gasteiger partial charge in [-0.15, -0.1) is 0 Å². The number of fused-ring (bicyclic) bond motifs is 1. The van der Waals surface area contributed by atoms with Crippen molar-refractivity contribution in [2.24, 2.45) is 0 Å². The van der Waals surface area contributed by atoms with Crippen LogP contribution >= 0.6 is 0 Å². The van der Waals surface area contributed by atoms with Crippen LogP contribution in [-0.4, -0.2) is 0 Å². The number of nitrogens with zero attached hydrogens (tertiary/aromatic N) is 1. The van der Waals surface area contributed by atoms with Gasteiger partial charge in [0.2, 0.25) is 0 Å². The molecule has 2 heteroatoms. The van der Waals surface area contributed by atoms with Crippen molar-refractivity contribution in [2.45, 2.75) is 0 Å². The third-order valence-corrected chi connectivity index (χ3v) is 6.52. The van der Waals surface area contributed by atoms with E-state index in [2.05, 4.69) is 163 Å². The zero-order valence-corrected chi connectivity index (χ0v) is 20.0. The standard InChI is InChI=1S/C34H26N2/c1-5-13-29(14-6-1)35(30-15-7-2-8-16-30)33-23-21-28-26-34(24-22-27(28)25-33)36(31-17-9-3-10-18-31)32-19-11-4-12-20-32/h1-26H/p+1. The molecule has 0 aliphatic heterocycles. The molecule has 36 heavy (non-hydrogen) atoms. The predicted molar refractivity (Wildman–Crippen MR) is 151 cm³/mol. The van der Waals surface area contributed by atoms with Gasteiger partial charge in [0.05, 0.1) is 0 Å². The van der Waals surface area contributed by atoms with Gasteiger partial charge in [-0.25, -0.2) is 4.90 Å². The van der Waals surface area contributed by atoms with E-state index in [0.717, 1.165) is 17.1 Å². The lowest BCUT2D eigenvalue weighted by Gasteiger charge is -2.26. The van der Waals surface area contributed by atoms with Gasteiger partial charge in [0, 0.05) is 29.2 Å². The van der Waals surface area contributed by atoms with E-state index in [1.807, 2.05) is 0 Å². The molecule has 0 radical (unpaired) electrons. The summed E-state index contributed by atoms with van der Waals surface area (Å²) in [6, 6.07) is 55.9. The Morgan fingerprint density at radius 1 is 0.333 bits per heavy atom. The molecule has 2 nitrogen and oxygen atoms in total. The van der Waals surface area contributed by atoms with E-state index in [1.165, 1.54) is 32.7 Å². The van der Waals surface area contributed by atoms with Gasteiger partial charge in [-0.2, -0.15) is 0 Å². The van der Waals surface area contributed by atoms with E-state index in [1.54, 1.807) is 0 Å². The van der Waals surface area contributed by atoms with E-state index < -0.39 is 0 Å². The van der Waals surface area contributed by atoms with Crippen LogP contribution in [0.15, 0.2) is 158 Å². The molecule has 0 unspecified atom stereocenters. The van der Waals surface area contributed by atoms with Gasteiger partial charge in [-0.3, -0.25) is 0 Å². The number of quaternary nitrogens is 1. The fourth-order valence-corrected chi connectivity index (χ4v) is 4.84. The molecule has 0 spiro atoms. The monoisotopic (exact) mass is 463 g/mol. The molecule has 0 aliphatic carbocycles. The first-order valence-electron chi connectivity index (χ1n) is 12.3. The highest BCUT2D eigenvalue weighted by Crippen LogP contribution is 2.36. The number of benzene rings is 6. The smallest absolute Gasteiger partial charge is 0.141 e. The van der Waals surface area contributed by atoms with Crippen molar-refractivity contribution in [3.8, 4) is 0 Å². The third kappa shape index (κ3) is 4.38. The number of hydrogen-bond donors (Lipinski definition) is 1. The number of rotatable bonds is 6. The predicted octanol–water partition coefficient (Wildman–Crippen LogP) is 8.49. The van der Waals surface area contributed by atoms with E-state index in [9.17, 15) is 0 Å². The Morgan fingerprint density at radius 2 is 0.778 bits per heavy atom. The van der Waals surface area contributed by atoms with Crippen molar-refractivity contribution in [3.05, 3.63) is 158 Å². The fraction of sp³-hybridized carbons (Fsp3) is 0.